The van der Waals surface area contributed by atoms with Crippen LogP contribution in [-0.2, 0) is 46.1 Å². The molecule has 3 aromatic rings. The Hall–Kier alpha value is -3.52. The van der Waals surface area contributed by atoms with Crippen LogP contribution in [0.1, 0.15) is 31.2 Å². The molecule has 0 amide bonds. The van der Waals surface area contributed by atoms with Crippen molar-refractivity contribution in [2.75, 3.05) is 18.1 Å². The highest BCUT2D eigenvalue weighted by Gasteiger charge is 2.36. The number of anilines is 1. The molecule has 1 saturated heterocycles. The van der Waals surface area contributed by atoms with Crippen LogP contribution in [0.4, 0.5) is 5.82 Å². The number of hydrogen-bond donors (Lipinski definition) is 3. The van der Waals surface area contributed by atoms with Crippen LogP contribution in [-0.4, -0.2) is 51.4 Å². The molecule has 230 valence electrons. The predicted octanol–water partition coefficient (Wildman–Crippen LogP) is 2.98. The van der Waals surface area contributed by atoms with E-state index in [9.17, 15) is 18.9 Å². The normalized spacial score (nSPS) is 18.1. The lowest BCUT2D eigenvalue weighted by molar-refractivity contribution is -0.147. The summed E-state index contributed by atoms with van der Waals surface area (Å²) in [5.74, 6) is -0.849. The van der Waals surface area contributed by atoms with Gasteiger partial charge in [0.15, 0.2) is 0 Å². The molecule has 2 aromatic carbocycles. The fraction of sp³-hybridized carbons (Fsp3) is 0.357. The molecule has 4 N–H and O–H groups in total. The first-order valence-electron chi connectivity index (χ1n) is 13.4. The molecule has 4 rings (SSSR count). The number of hydrogen-bond acceptors (Lipinski definition) is 11. The third kappa shape index (κ3) is 9.75. The first-order chi connectivity index (χ1) is 20.6. The maximum atomic E-state index is 14.0. The van der Waals surface area contributed by atoms with Gasteiger partial charge in [0.2, 0.25) is 0 Å². The van der Waals surface area contributed by atoms with Crippen molar-refractivity contribution in [3.05, 3.63) is 94.5 Å². The first-order valence-corrected chi connectivity index (χ1v) is 16.1. The molecule has 2 heterocycles. The zero-order chi connectivity index (χ0) is 30.8. The van der Waals surface area contributed by atoms with E-state index in [1.807, 2.05) is 60.7 Å². The number of aromatic nitrogens is 2. The molecule has 13 nitrogen and oxygen atoms in total. The summed E-state index contributed by atoms with van der Waals surface area (Å²) in [7, 11) is -4.08. The van der Waals surface area contributed by atoms with Crippen LogP contribution in [0.3, 0.4) is 0 Å². The molecule has 0 unspecified atom stereocenters. The minimum Gasteiger partial charge on any atom is -0.460 e. The van der Waals surface area contributed by atoms with Crippen molar-refractivity contribution in [2.45, 2.75) is 50.8 Å². The summed E-state index contributed by atoms with van der Waals surface area (Å²) in [6.45, 7) is 2.80. The number of nitrogen functional groups attached to an aromatic ring is 1. The molecular weight excluding hydrogens is 597 g/mol. The van der Waals surface area contributed by atoms with Crippen molar-refractivity contribution in [3.63, 3.8) is 0 Å². The van der Waals surface area contributed by atoms with E-state index in [-0.39, 0.29) is 25.6 Å². The monoisotopic (exact) mass is 631 g/mol. The Kier molecular flexibility index (Phi) is 11.5. The van der Waals surface area contributed by atoms with Gasteiger partial charge in [0.25, 0.3) is 0 Å². The summed E-state index contributed by atoms with van der Waals surface area (Å²) in [5, 5.41) is 5.33. The Bertz CT molecular complexity index is 1410. The number of carbonyl (C=O) groups is 2. The number of nitrogens with two attached hydrogens (primary N) is 1. The van der Waals surface area contributed by atoms with Crippen LogP contribution in [0.5, 0.6) is 0 Å². The first kappa shape index (κ1) is 32.4. The van der Waals surface area contributed by atoms with Crippen LogP contribution < -0.4 is 21.6 Å². The minimum absolute atomic E-state index is 0.0276. The van der Waals surface area contributed by atoms with Crippen LogP contribution >= 0.6 is 19.4 Å². The number of nitrogens with zero attached hydrogens (tertiary/aromatic N) is 2. The fourth-order valence-corrected chi connectivity index (χ4v) is 6.81. The molecule has 1 aliphatic heterocycles. The van der Waals surface area contributed by atoms with Crippen molar-refractivity contribution in [1.29, 1.82) is 0 Å². The van der Waals surface area contributed by atoms with Gasteiger partial charge in [0.05, 0.1) is 6.61 Å². The summed E-state index contributed by atoms with van der Waals surface area (Å²) in [4.78, 5) is 41.4. The van der Waals surface area contributed by atoms with Crippen molar-refractivity contribution < 1.29 is 32.9 Å². The van der Waals surface area contributed by atoms with E-state index in [1.54, 1.807) is 0 Å². The van der Waals surface area contributed by atoms with E-state index >= 15 is 0 Å². The van der Waals surface area contributed by atoms with Gasteiger partial charge in [-0.15, -0.1) is 11.8 Å². The highest BCUT2D eigenvalue weighted by molar-refractivity contribution is 8.00. The Morgan fingerprint density at radius 2 is 1.53 bits per heavy atom. The third-order valence-electron chi connectivity index (χ3n) is 6.17. The third-order valence-corrected chi connectivity index (χ3v) is 9.23. The smallest absolute Gasteiger partial charge is 0.351 e. The van der Waals surface area contributed by atoms with Crippen LogP contribution in [0.25, 0.3) is 0 Å². The van der Waals surface area contributed by atoms with E-state index in [0.717, 1.165) is 11.1 Å². The molecule has 0 saturated carbocycles. The van der Waals surface area contributed by atoms with Crippen LogP contribution in [0.2, 0.25) is 0 Å². The Morgan fingerprint density at radius 1 is 1.00 bits per heavy atom. The second kappa shape index (κ2) is 15.3. The van der Waals surface area contributed by atoms with Gasteiger partial charge in [0.1, 0.15) is 42.8 Å². The summed E-state index contributed by atoms with van der Waals surface area (Å²) in [6, 6.07) is 17.6. The molecule has 0 aliphatic carbocycles. The zero-order valence-corrected chi connectivity index (χ0v) is 25.4. The van der Waals surface area contributed by atoms with Gasteiger partial charge in [-0.3, -0.25) is 18.7 Å². The summed E-state index contributed by atoms with van der Waals surface area (Å²) < 4.78 is 37.7. The fourth-order valence-electron chi connectivity index (χ4n) is 3.92. The van der Waals surface area contributed by atoms with Crippen molar-refractivity contribution >= 4 is 37.2 Å². The van der Waals surface area contributed by atoms with Gasteiger partial charge in [-0.1, -0.05) is 60.7 Å². The summed E-state index contributed by atoms with van der Waals surface area (Å²) >= 11 is 1.33. The molecule has 0 spiro atoms. The topological polar surface area (TPSA) is 173 Å². The average molecular weight is 632 g/mol. The van der Waals surface area contributed by atoms with Gasteiger partial charge >= 0.3 is 25.3 Å². The number of carbonyl (C=O) groups excluding carboxylic acids is 2. The van der Waals surface area contributed by atoms with Gasteiger partial charge < -0.3 is 24.5 Å². The maximum absolute atomic E-state index is 14.0. The van der Waals surface area contributed by atoms with Crippen molar-refractivity contribution in [3.8, 4) is 0 Å². The number of ether oxygens (including phenoxy) is 3. The molecule has 43 heavy (non-hydrogen) atoms. The Balaban J connectivity index is 1.39. The standard InChI is InChI=1S/C28H34N5O8PS/c1-19(26(34)38-15-21-9-5-3-6-10-21)31-42(37,32-20(2)27(35)39-16-22-11-7-4-8-12-22)40-17-25-41-24(18-43-25)33-14-13-23(29)30-28(33)36/h3-14,19-20,24-25H,15-18H2,1-2H3,(H2,29,30,36)(H2,31,32,37)/t19-,20-,24-,25+/m0/s1. The van der Waals surface area contributed by atoms with E-state index < -0.39 is 49.0 Å². The maximum Gasteiger partial charge on any atom is 0.351 e. The molecule has 1 aromatic heterocycles. The quantitative estimate of drug-likeness (QED) is 0.175. The van der Waals surface area contributed by atoms with Crippen molar-refractivity contribution in [2.24, 2.45) is 0 Å². The Morgan fingerprint density at radius 3 is 2.05 bits per heavy atom. The molecule has 1 fully saturated rings. The second-order valence-corrected chi connectivity index (χ2v) is 12.7. The van der Waals surface area contributed by atoms with Crippen LogP contribution in [0, 0.1) is 0 Å². The van der Waals surface area contributed by atoms with E-state index in [1.165, 1.54) is 42.4 Å². The van der Waals surface area contributed by atoms with E-state index in [0.29, 0.717) is 5.75 Å². The molecule has 0 radical (unpaired) electrons. The zero-order valence-electron chi connectivity index (χ0n) is 23.7. The largest absolute Gasteiger partial charge is 0.460 e. The van der Waals surface area contributed by atoms with E-state index in [2.05, 4.69) is 15.2 Å². The van der Waals surface area contributed by atoms with Gasteiger partial charge in [0, 0.05) is 11.9 Å². The van der Waals surface area contributed by atoms with Gasteiger partial charge in [-0.25, -0.2) is 15.0 Å². The average Bonchev–Trinajstić information content (AvgIpc) is 3.47. The highest BCUT2D eigenvalue weighted by atomic mass is 32.2. The minimum atomic E-state index is -4.08. The number of benzene rings is 2. The molecule has 15 heteroatoms. The van der Waals surface area contributed by atoms with Crippen molar-refractivity contribution in [1.82, 2.24) is 19.7 Å². The predicted molar refractivity (Wildman–Crippen MR) is 161 cm³/mol. The molecule has 4 atom stereocenters. The van der Waals surface area contributed by atoms with Gasteiger partial charge in [-0.2, -0.15) is 4.98 Å². The number of rotatable bonds is 14. The molecule has 0 bridgehead atoms. The van der Waals surface area contributed by atoms with E-state index in [4.69, 9.17) is 24.5 Å². The SMILES string of the molecule is C[C@H](NP(=O)(N[C@@H](C)C(=O)OCc1ccccc1)OC[C@@H]1O[C@H](n2ccc(N)nc2=O)CS1)C(=O)OCc1ccccc1. The lowest BCUT2D eigenvalue weighted by atomic mass is 10.2. The number of thioether (sulfide) groups is 1. The second-order valence-electron chi connectivity index (χ2n) is 9.63. The molecular formula is C28H34N5O8PS. The summed E-state index contributed by atoms with van der Waals surface area (Å²) in [5.41, 5.74) is 5.96. The van der Waals surface area contributed by atoms with Gasteiger partial charge in [-0.05, 0) is 31.0 Å². The lowest BCUT2D eigenvalue weighted by Crippen LogP contribution is -2.42. The number of nitrogens with one attached hydrogen (secondary N) is 2. The number of esters is 2. The summed E-state index contributed by atoms with van der Waals surface area (Å²) in [6.07, 6.45) is 0.844. The highest BCUT2D eigenvalue weighted by Crippen LogP contribution is 2.42. The molecule has 1 aliphatic rings. The lowest BCUT2D eigenvalue weighted by Gasteiger charge is -2.26. The Labute approximate surface area is 253 Å². The van der Waals surface area contributed by atoms with Crippen LogP contribution in [0.15, 0.2) is 77.7 Å².